The summed E-state index contributed by atoms with van der Waals surface area (Å²) in [5, 5.41) is 10.7. The van der Waals surface area contributed by atoms with Gasteiger partial charge in [-0.3, -0.25) is 10.1 Å². The van der Waals surface area contributed by atoms with Crippen molar-refractivity contribution >= 4 is 11.0 Å². The zero-order chi connectivity index (χ0) is 14.4. The second kappa shape index (κ2) is 7.19. The molecule has 0 rings (SSSR count). The van der Waals surface area contributed by atoms with Gasteiger partial charge in [0.25, 0.3) is 0 Å². The summed E-state index contributed by atoms with van der Waals surface area (Å²) in [7, 11) is -1.28. The number of rotatable bonds is 8. The lowest BCUT2D eigenvalue weighted by molar-refractivity contribution is -0.489. The summed E-state index contributed by atoms with van der Waals surface area (Å²) >= 11 is 0. The van der Waals surface area contributed by atoms with Crippen molar-refractivity contribution in [1.29, 1.82) is 0 Å². The molecule has 0 saturated carbocycles. The maximum absolute atomic E-state index is 12.1. The first-order chi connectivity index (χ1) is 8.10. The van der Waals surface area contributed by atoms with Crippen molar-refractivity contribution in [2.45, 2.75) is 70.6 Å². The molecule has 0 saturated heterocycles. The molecule has 0 radical (unpaired) electrons. The Morgan fingerprint density at radius 2 is 1.78 bits per heavy atom. The molecule has 0 fully saturated rings. The molecule has 0 spiro atoms. The Kier molecular flexibility index (Phi) is 6.99. The predicted octanol–water partition coefficient (Wildman–Crippen LogP) is 2.65. The zero-order valence-corrected chi connectivity index (χ0v) is 12.9. The Hall–Kier alpha value is -0.490. The number of hydrogen-bond donors (Lipinski definition) is 1. The molecule has 5 nitrogen and oxygen atoms in total. The molecule has 2 atom stereocenters. The van der Waals surface area contributed by atoms with Crippen LogP contribution >= 0.6 is 0 Å². The van der Waals surface area contributed by atoms with Gasteiger partial charge in [-0.15, -0.1) is 0 Å². The molecule has 0 amide bonds. The van der Waals surface area contributed by atoms with Gasteiger partial charge in [0.05, 0.1) is 21.3 Å². The molecular weight excluding hydrogens is 252 g/mol. The fourth-order valence-corrected chi connectivity index (χ4v) is 2.51. The first-order valence-corrected chi connectivity index (χ1v) is 7.57. The summed E-state index contributed by atoms with van der Waals surface area (Å²) in [5.74, 6) is 0. The van der Waals surface area contributed by atoms with Crippen LogP contribution in [0.25, 0.3) is 0 Å². The number of nitrogens with one attached hydrogen (secondary N) is 1. The Balaban J connectivity index is 4.65. The minimum atomic E-state index is -1.28. The summed E-state index contributed by atoms with van der Waals surface area (Å²) in [6.45, 7) is 9.25. The third-order valence-electron chi connectivity index (χ3n) is 2.71. The maximum atomic E-state index is 12.1. The van der Waals surface area contributed by atoms with Gasteiger partial charge in [0, 0.05) is 4.92 Å². The van der Waals surface area contributed by atoms with E-state index in [0.29, 0.717) is 6.42 Å². The van der Waals surface area contributed by atoms with Gasteiger partial charge in [-0.25, -0.2) is 8.93 Å². The highest BCUT2D eigenvalue weighted by atomic mass is 32.2. The van der Waals surface area contributed by atoms with Gasteiger partial charge < -0.3 is 0 Å². The Bertz CT molecular complexity index is 302. The van der Waals surface area contributed by atoms with Crippen LogP contribution in [0.2, 0.25) is 0 Å². The molecule has 6 heteroatoms. The summed E-state index contributed by atoms with van der Waals surface area (Å²) < 4.78 is 14.6. The number of nitro groups is 1. The number of unbranched alkanes of at least 4 members (excludes halogenated alkanes) is 2. The molecule has 0 aromatic heterocycles. The van der Waals surface area contributed by atoms with E-state index in [1.54, 1.807) is 6.92 Å². The van der Waals surface area contributed by atoms with Crippen LogP contribution in [0.3, 0.4) is 0 Å². The molecule has 0 heterocycles. The lowest BCUT2D eigenvalue weighted by Gasteiger charge is -2.30. The molecule has 0 aliphatic heterocycles. The minimum absolute atomic E-state index is 0.196. The Morgan fingerprint density at radius 3 is 2.17 bits per heavy atom. The first-order valence-electron chi connectivity index (χ1n) is 6.42. The number of hydrogen-bond acceptors (Lipinski definition) is 3. The third kappa shape index (κ3) is 7.06. The highest BCUT2D eigenvalue weighted by Crippen LogP contribution is 2.19. The van der Waals surface area contributed by atoms with Gasteiger partial charge >= 0.3 is 0 Å². The van der Waals surface area contributed by atoms with Crippen LogP contribution < -0.4 is 4.72 Å². The lowest BCUT2D eigenvalue weighted by Crippen LogP contribution is -2.52. The van der Waals surface area contributed by atoms with Gasteiger partial charge in [-0.1, -0.05) is 26.2 Å². The van der Waals surface area contributed by atoms with Crippen LogP contribution in [0.1, 0.15) is 60.3 Å². The Labute approximate surface area is 112 Å². The van der Waals surface area contributed by atoms with E-state index in [4.69, 9.17) is 0 Å². The largest absolute Gasteiger partial charge is 0.264 e. The van der Waals surface area contributed by atoms with Crippen molar-refractivity contribution in [3.63, 3.8) is 0 Å². The van der Waals surface area contributed by atoms with E-state index in [1.165, 1.54) is 0 Å². The van der Waals surface area contributed by atoms with Crippen molar-refractivity contribution in [2.75, 3.05) is 6.54 Å². The summed E-state index contributed by atoms with van der Waals surface area (Å²) in [6, 6.07) is 0. The van der Waals surface area contributed by atoms with E-state index in [-0.39, 0.29) is 11.5 Å². The van der Waals surface area contributed by atoms with Crippen LogP contribution in [0.15, 0.2) is 0 Å². The van der Waals surface area contributed by atoms with Crippen molar-refractivity contribution in [2.24, 2.45) is 0 Å². The second-order valence-electron chi connectivity index (χ2n) is 5.99. The van der Waals surface area contributed by atoms with Gasteiger partial charge in [0.2, 0.25) is 6.54 Å². The van der Waals surface area contributed by atoms with E-state index in [1.807, 2.05) is 20.8 Å². The standard InChI is InChI=1S/C12H26N2O3S/c1-6-7-8-9-12(5,10-14(15)16)13-18(17)11(2,3)4/h13H,6-10H2,1-5H3/t12-,18-/m1/s1. The van der Waals surface area contributed by atoms with E-state index in [0.717, 1.165) is 19.3 Å². The normalized spacial score (nSPS) is 17.2. The monoisotopic (exact) mass is 278 g/mol. The third-order valence-corrected chi connectivity index (χ3v) is 4.50. The van der Waals surface area contributed by atoms with E-state index in [9.17, 15) is 14.3 Å². The van der Waals surface area contributed by atoms with Crippen LogP contribution in [-0.4, -0.2) is 26.0 Å². The molecule has 0 aromatic carbocycles. The molecule has 0 bridgehead atoms. The van der Waals surface area contributed by atoms with Crippen molar-refractivity contribution in [3.05, 3.63) is 10.1 Å². The average Bonchev–Trinajstić information content (AvgIpc) is 2.14. The molecule has 0 unspecified atom stereocenters. The van der Waals surface area contributed by atoms with Crippen LogP contribution in [0.4, 0.5) is 0 Å². The lowest BCUT2D eigenvalue weighted by atomic mass is 9.96. The topological polar surface area (TPSA) is 72.2 Å². The van der Waals surface area contributed by atoms with Gasteiger partial charge in [-0.2, -0.15) is 0 Å². The fourth-order valence-electron chi connectivity index (χ4n) is 1.59. The van der Waals surface area contributed by atoms with Crippen molar-refractivity contribution in [3.8, 4) is 0 Å². The van der Waals surface area contributed by atoms with Gasteiger partial charge in [0.1, 0.15) is 0 Å². The Morgan fingerprint density at radius 1 is 1.22 bits per heavy atom. The molecule has 18 heavy (non-hydrogen) atoms. The van der Waals surface area contributed by atoms with Gasteiger partial charge in [-0.05, 0) is 34.1 Å². The van der Waals surface area contributed by atoms with Crippen LogP contribution in [-0.2, 0) is 11.0 Å². The minimum Gasteiger partial charge on any atom is -0.264 e. The summed E-state index contributed by atoms with van der Waals surface area (Å²) in [6.07, 6.45) is 3.69. The molecule has 0 aliphatic rings. The highest BCUT2D eigenvalue weighted by molar-refractivity contribution is 7.84. The predicted molar refractivity (Wildman–Crippen MR) is 75.4 cm³/mol. The summed E-state index contributed by atoms with van der Waals surface area (Å²) in [4.78, 5) is 10.4. The number of nitrogens with zero attached hydrogens (tertiary/aromatic N) is 1. The van der Waals surface area contributed by atoms with Crippen LogP contribution in [0, 0.1) is 10.1 Å². The highest BCUT2D eigenvalue weighted by Gasteiger charge is 2.34. The van der Waals surface area contributed by atoms with E-state index < -0.39 is 21.3 Å². The first kappa shape index (κ1) is 17.5. The van der Waals surface area contributed by atoms with Crippen molar-refractivity contribution in [1.82, 2.24) is 4.72 Å². The quantitative estimate of drug-likeness (QED) is 0.421. The van der Waals surface area contributed by atoms with Crippen molar-refractivity contribution < 1.29 is 9.13 Å². The fraction of sp³-hybridized carbons (Fsp3) is 1.00. The molecule has 1 N–H and O–H groups in total. The second-order valence-corrected chi connectivity index (χ2v) is 7.96. The van der Waals surface area contributed by atoms with Crippen LogP contribution in [0.5, 0.6) is 0 Å². The molecular formula is C12H26N2O3S. The van der Waals surface area contributed by atoms with Gasteiger partial charge in [0.15, 0.2) is 0 Å². The molecule has 0 aromatic rings. The molecule has 108 valence electrons. The zero-order valence-electron chi connectivity index (χ0n) is 12.1. The van der Waals surface area contributed by atoms with E-state index in [2.05, 4.69) is 11.6 Å². The molecule has 0 aliphatic carbocycles. The van der Waals surface area contributed by atoms with E-state index >= 15 is 0 Å². The average molecular weight is 278 g/mol. The summed E-state index contributed by atoms with van der Waals surface area (Å²) in [5.41, 5.74) is -0.698. The smallest absolute Gasteiger partial charge is 0.222 e. The SMILES string of the molecule is CCCCC[C@](C)(C[N+](=O)[O-])N[S@](=O)C(C)(C)C. The maximum Gasteiger partial charge on any atom is 0.222 e.